The fourth-order valence-corrected chi connectivity index (χ4v) is 3.00. The molecule has 0 aliphatic carbocycles. The number of hydrogen-bond donors (Lipinski definition) is 2. The van der Waals surface area contributed by atoms with Gasteiger partial charge in [-0.25, -0.2) is 0 Å². The average molecular weight is 342 g/mol. The van der Waals surface area contributed by atoms with Crippen LogP contribution in [-0.2, 0) is 6.61 Å². The second kappa shape index (κ2) is 6.43. The molecule has 1 aromatic heterocycles. The van der Waals surface area contributed by atoms with Gasteiger partial charge in [0, 0.05) is 11.0 Å². The Morgan fingerprint density at radius 3 is 2.67 bits per heavy atom. The molecule has 0 radical (unpaired) electrons. The molecule has 0 saturated heterocycles. The summed E-state index contributed by atoms with van der Waals surface area (Å²) in [6.07, 6.45) is 1.96. The monoisotopic (exact) mass is 342 g/mol. The fraction of sp³-hybridized carbons (Fsp3) is 0.176. The molecule has 1 aliphatic heterocycles. The third-order valence-electron chi connectivity index (χ3n) is 3.73. The summed E-state index contributed by atoms with van der Waals surface area (Å²) in [5.74, 6) is -0.551. The van der Waals surface area contributed by atoms with E-state index in [1.807, 2.05) is 36.6 Å². The lowest BCUT2D eigenvalue weighted by atomic mass is 9.87. The van der Waals surface area contributed by atoms with Gasteiger partial charge in [0.1, 0.15) is 24.0 Å². The van der Waals surface area contributed by atoms with Crippen LogP contribution in [0.1, 0.15) is 23.0 Å². The Hall–Kier alpha value is -2.69. The maximum Gasteiger partial charge on any atom is 0.228 e. The van der Waals surface area contributed by atoms with Crippen molar-refractivity contribution in [2.24, 2.45) is 5.73 Å². The van der Waals surface area contributed by atoms with E-state index >= 15 is 0 Å². The topological polar surface area (TPSA) is 109 Å². The smallest absolute Gasteiger partial charge is 0.228 e. The van der Waals surface area contributed by atoms with Gasteiger partial charge in [0.05, 0.1) is 5.92 Å². The van der Waals surface area contributed by atoms with Crippen LogP contribution in [0.5, 0.6) is 5.75 Å². The van der Waals surface area contributed by atoms with E-state index in [-0.39, 0.29) is 28.7 Å². The molecular formula is C17H14N2O4S. The number of allylic oxidation sites excluding steroid dienone is 1. The summed E-state index contributed by atoms with van der Waals surface area (Å²) in [5, 5.41) is 18.8. The molecule has 6 nitrogen and oxygen atoms in total. The number of benzene rings is 1. The Labute approximate surface area is 142 Å². The Bertz CT molecular complexity index is 910. The van der Waals surface area contributed by atoms with E-state index in [0.29, 0.717) is 0 Å². The van der Waals surface area contributed by atoms with Crippen molar-refractivity contribution in [2.75, 3.05) is 6.26 Å². The molecule has 0 spiro atoms. The first-order valence-electron chi connectivity index (χ1n) is 7.08. The minimum atomic E-state index is -0.658. The van der Waals surface area contributed by atoms with Gasteiger partial charge in [0.2, 0.25) is 17.1 Å². The Morgan fingerprint density at radius 1 is 1.38 bits per heavy atom. The quantitative estimate of drug-likeness (QED) is 0.822. The van der Waals surface area contributed by atoms with Crippen LogP contribution in [0.4, 0.5) is 0 Å². The summed E-state index contributed by atoms with van der Waals surface area (Å²) < 4.78 is 10.9. The second-order valence-corrected chi connectivity index (χ2v) is 6.01. The highest BCUT2D eigenvalue weighted by atomic mass is 32.2. The van der Waals surface area contributed by atoms with Gasteiger partial charge in [-0.05, 0) is 24.0 Å². The van der Waals surface area contributed by atoms with Gasteiger partial charge in [0.25, 0.3) is 0 Å². The van der Waals surface area contributed by atoms with Gasteiger partial charge in [-0.3, -0.25) is 4.79 Å². The third kappa shape index (κ3) is 2.66. The normalized spacial score (nSPS) is 16.3. The summed E-state index contributed by atoms with van der Waals surface area (Å²) in [5.41, 5.74) is 6.29. The van der Waals surface area contributed by atoms with E-state index in [4.69, 9.17) is 14.9 Å². The Kier molecular flexibility index (Phi) is 4.34. The standard InChI is InChI=1S/C17H14N2O4S/c1-24-11-4-2-9(3-5-11)14-12(7-18)17(19)23-15-13(21)6-10(8-20)22-16(14)15/h2-6,14,20H,8,19H2,1H3/t14-/m1/s1. The van der Waals surface area contributed by atoms with Gasteiger partial charge in [-0.15, -0.1) is 11.8 Å². The fourth-order valence-electron chi connectivity index (χ4n) is 2.59. The molecule has 1 aliphatic rings. The van der Waals surface area contributed by atoms with Crippen molar-refractivity contribution in [3.63, 3.8) is 0 Å². The summed E-state index contributed by atoms with van der Waals surface area (Å²) in [4.78, 5) is 13.3. The number of nitrogens with zero attached hydrogens (tertiary/aromatic N) is 1. The minimum absolute atomic E-state index is 0.0531. The zero-order valence-electron chi connectivity index (χ0n) is 12.8. The number of aliphatic hydroxyl groups is 1. The molecule has 0 amide bonds. The molecule has 0 fully saturated rings. The lowest BCUT2D eigenvalue weighted by molar-refractivity contribution is 0.231. The van der Waals surface area contributed by atoms with E-state index in [9.17, 15) is 15.2 Å². The number of rotatable bonds is 3. The molecule has 122 valence electrons. The third-order valence-corrected chi connectivity index (χ3v) is 4.48. The van der Waals surface area contributed by atoms with Crippen molar-refractivity contribution < 1.29 is 14.3 Å². The van der Waals surface area contributed by atoms with Crippen LogP contribution in [-0.4, -0.2) is 11.4 Å². The predicted molar refractivity (Wildman–Crippen MR) is 88.4 cm³/mol. The molecular weight excluding hydrogens is 328 g/mol. The van der Waals surface area contributed by atoms with Gasteiger partial charge >= 0.3 is 0 Å². The number of ether oxygens (including phenoxy) is 1. The van der Waals surface area contributed by atoms with Crippen molar-refractivity contribution in [3.8, 4) is 11.8 Å². The molecule has 2 heterocycles. The van der Waals surface area contributed by atoms with Gasteiger partial charge < -0.3 is 20.0 Å². The minimum Gasteiger partial charge on any atom is -0.458 e. The largest absolute Gasteiger partial charge is 0.458 e. The summed E-state index contributed by atoms with van der Waals surface area (Å²) in [7, 11) is 0. The zero-order chi connectivity index (χ0) is 17.3. The molecule has 3 N–H and O–H groups in total. The van der Waals surface area contributed by atoms with Crippen LogP contribution in [0.15, 0.2) is 55.9 Å². The van der Waals surface area contributed by atoms with Crippen LogP contribution >= 0.6 is 11.8 Å². The highest BCUT2D eigenvalue weighted by molar-refractivity contribution is 7.98. The molecule has 7 heteroatoms. The van der Waals surface area contributed by atoms with Crippen LogP contribution in [0.3, 0.4) is 0 Å². The van der Waals surface area contributed by atoms with Crippen LogP contribution in [0.25, 0.3) is 0 Å². The Morgan fingerprint density at radius 2 is 2.08 bits per heavy atom. The number of aliphatic hydroxyl groups excluding tert-OH is 1. The Balaban J connectivity index is 2.24. The lowest BCUT2D eigenvalue weighted by Gasteiger charge is -2.24. The number of thioether (sulfide) groups is 1. The first-order valence-corrected chi connectivity index (χ1v) is 8.30. The molecule has 1 atom stereocenters. The number of nitriles is 1. The van der Waals surface area contributed by atoms with Crippen molar-refractivity contribution in [2.45, 2.75) is 17.4 Å². The molecule has 0 saturated carbocycles. The lowest BCUT2D eigenvalue weighted by Crippen LogP contribution is -2.25. The van der Waals surface area contributed by atoms with Crippen molar-refractivity contribution in [1.29, 1.82) is 5.26 Å². The first kappa shape index (κ1) is 16.2. The maximum absolute atomic E-state index is 12.2. The average Bonchev–Trinajstić information content (AvgIpc) is 2.61. The molecule has 24 heavy (non-hydrogen) atoms. The van der Waals surface area contributed by atoms with Crippen molar-refractivity contribution in [1.82, 2.24) is 0 Å². The second-order valence-electron chi connectivity index (χ2n) is 5.13. The first-order chi connectivity index (χ1) is 11.6. The number of hydrogen-bond acceptors (Lipinski definition) is 7. The van der Waals surface area contributed by atoms with Gasteiger partial charge in [-0.1, -0.05) is 12.1 Å². The summed E-state index contributed by atoms with van der Waals surface area (Å²) in [6.45, 7) is -0.429. The van der Waals surface area contributed by atoms with Crippen LogP contribution in [0, 0.1) is 11.3 Å². The van der Waals surface area contributed by atoms with Gasteiger partial charge in [0.15, 0.2) is 5.76 Å². The zero-order valence-corrected chi connectivity index (χ0v) is 13.6. The number of fused-ring (bicyclic) bond motifs is 1. The van der Waals surface area contributed by atoms with Crippen molar-refractivity contribution >= 4 is 11.8 Å². The maximum atomic E-state index is 12.2. The predicted octanol–water partition coefficient (Wildman–Crippen LogP) is 2.07. The molecule has 1 aromatic carbocycles. The number of nitrogens with two attached hydrogens (primary N) is 1. The SMILES string of the molecule is CSc1ccc([C@@H]2C(C#N)=C(N)Oc3c2oc(CO)cc3=O)cc1. The summed E-state index contributed by atoms with van der Waals surface area (Å²) in [6, 6.07) is 10.7. The molecule has 2 aromatic rings. The van der Waals surface area contributed by atoms with E-state index in [1.165, 1.54) is 0 Å². The van der Waals surface area contributed by atoms with Gasteiger partial charge in [-0.2, -0.15) is 5.26 Å². The van der Waals surface area contributed by atoms with Crippen molar-refractivity contribution in [3.05, 3.63) is 69.1 Å². The van der Waals surface area contributed by atoms with Crippen LogP contribution < -0.4 is 15.9 Å². The molecule has 3 rings (SSSR count). The van der Waals surface area contributed by atoms with E-state index < -0.39 is 18.0 Å². The molecule has 0 bridgehead atoms. The highest BCUT2D eigenvalue weighted by Gasteiger charge is 2.35. The van der Waals surface area contributed by atoms with E-state index in [0.717, 1.165) is 16.5 Å². The van der Waals surface area contributed by atoms with Crippen LogP contribution in [0.2, 0.25) is 0 Å². The van der Waals surface area contributed by atoms with E-state index in [1.54, 1.807) is 11.8 Å². The van der Waals surface area contributed by atoms with E-state index in [2.05, 4.69) is 0 Å². The highest BCUT2D eigenvalue weighted by Crippen LogP contribution is 2.41. The summed E-state index contributed by atoms with van der Waals surface area (Å²) >= 11 is 1.59. The molecule has 0 unspecified atom stereocenters.